The first-order valence-electron chi connectivity index (χ1n) is 13.8. The number of nitrogens with zero attached hydrogens (tertiary/aromatic N) is 2. The average Bonchev–Trinajstić information content (AvgIpc) is 3.34. The fraction of sp³-hybridized carbons (Fsp3) is 0.143. The van der Waals surface area contributed by atoms with Gasteiger partial charge in [0.2, 0.25) is 0 Å². The number of aromatic nitrogens is 1. The Bertz CT molecular complexity index is 2020. The van der Waals surface area contributed by atoms with Gasteiger partial charge in [0.25, 0.3) is 5.56 Å². The molecule has 0 spiro atoms. The van der Waals surface area contributed by atoms with E-state index in [2.05, 4.69) is 30.3 Å². The number of rotatable bonds is 6. The van der Waals surface area contributed by atoms with E-state index in [-0.39, 0.29) is 11.6 Å². The van der Waals surface area contributed by atoms with Crippen LogP contribution in [0.3, 0.4) is 0 Å². The molecule has 0 fully saturated rings. The van der Waals surface area contributed by atoms with Gasteiger partial charge in [0.05, 0.1) is 23.4 Å². The summed E-state index contributed by atoms with van der Waals surface area (Å²) in [7, 11) is 1.68. The van der Waals surface area contributed by atoms with Crippen LogP contribution in [-0.2, 0) is 13.0 Å². The summed E-state index contributed by atoms with van der Waals surface area (Å²) in [6, 6.07) is 31.5. The third-order valence-corrected chi connectivity index (χ3v) is 9.19. The molecule has 1 atom stereocenters. The Morgan fingerprint density at radius 2 is 1.71 bits per heavy atom. The topological polar surface area (TPSA) is 52.8 Å². The van der Waals surface area contributed by atoms with E-state index in [1.165, 1.54) is 16.9 Å². The number of allylic oxidation sites excluding steroid dienone is 1. The zero-order valence-electron chi connectivity index (χ0n) is 22.9. The van der Waals surface area contributed by atoms with Crippen molar-refractivity contribution in [3.63, 3.8) is 0 Å². The van der Waals surface area contributed by atoms with Gasteiger partial charge in [-0.2, -0.15) is 0 Å². The minimum Gasteiger partial charge on any atom is -0.496 e. The third-order valence-electron chi connectivity index (χ3n) is 7.84. The molecule has 0 radical (unpaired) electrons. The summed E-state index contributed by atoms with van der Waals surface area (Å²) in [6.07, 6.45) is 3.67. The molecule has 0 bridgehead atoms. The Balaban J connectivity index is 1.29. The van der Waals surface area contributed by atoms with Gasteiger partial charge in [-0.25, -0.2) is 4.99 Å². The summed E-state index contributed by atoms with van der Waals surface area (Å²) in [5.41, 5.74) is 7.30. The molecule has 2 heterocycles. The number of fused-ring (bicyclic) bond motifs is 3. The number of aryl methyl sites for hydroxylation is 1. The number of para-hydroxylation sites is 1. The second-order valence-corrected chi connectivity index (χ2v) is 11.7. The van der Waals surface area contributed by atoms with Crippen LogP contribution in [0, 0.1) is 0 Å². The molecule has 0 saturated carbocycles. The van der Waals surface area contributed by atoms with Gasteiger partial charge in [0.15, 0.2) is 4.80 Å². The summed E-state index contributed by atoms with van der Waals surface area (Å²) >= 11 is 7.68. The minimum absolute atomic E-state index is 0.0564. The van der Waals surface area contributed by atoms with Crippen molar-refractivity contribution in [2.75, 3.05) is 7.11 Å². The van der Waals surface area contributed by atoms with Gasteiger partial charge in [-0.05, 0) is 59.9 Å². The van der Waals surface area contributed by atoms with Crippen molar-refractivity contribution >= 4 is 34.7 Å². The van der Waals surface area contributed by atoms with Crippen LogP contribution < -0.4 is 24.4 Å². The molecule has 5 nitrogen and oxygen atoms in total. The van der Waals surface area contributed by atoms with E-state index in [1.54, 1.807) is 7.11 Å². The van der Waals surface area contributed by atoms with Crippen molar-refractivity contribution in [1.29, 1.82) is 0 Å². The molecule has 7 heteroatoms. The first-order chi connectivity index (χ1) is 20.6. The number of hydrogen-bond acceptors (Lipinski definition) is 5. The summed E-state index contributed by atoms with van der Waals surface area (Å²) in [5, 5.41) is 0.682. The van der Waals surface area contributed by atoms with E-state index in [4.69, 9.17) is 26.1 Å². The quantitative estimate of drug-likeness (QED) is 0.225. The molecule has 208 valence electrons. The van der Waals surface area contributed by atoms with Gasteiger partial charge in [0, 0.05) is 21.7 Å². The minimum atomic E-state index is -0.288. The van der Waals surface area contributed by atoms with Crippen LogP contribution in [0.25, 0.3) is 11.8 Å². The van der Waals surface area contributed by atoms with Gasteiger partial charge in [-0.3, -0.25) is 9.36 Å². The highest BCUT2D eigenvalue weighted by Crippen LogP contribution is 2.43. The molecule has 2 aliphatic rings. The van der Waals surface area contributed by atoms with Crippen molar-refractivity contribution in [1.82, 2.24) is 4.57 Å². The van der Waals surface area contributed by atoms with Crippen molar-refractivity contribution in [3.8, 4) is 11.5 Å². The Labute approximate surface area is 252 Å². The van der Waals surface area contributed by atoms with E-state index in [9.17, 15) is 4.79 Å². The van der Waals surface area contributed by atoms with Crippen LogP contribution in [0.5, 0.6) is 11.5 Å². The van der Waals surface area contributed by atoms with Gasteiger partial charge < -0.3 is 9.47 Å². The Morgan fingerprint density at radius 1 is 0.952 bits per heavy atom. The van der Waals surface area contributed by atoms with Crippen molar-refractivity contribution < 1.29 is 9.47 Å². The van der Waals surface area contributed by atoms with Crippen LogP contribution >= 0.6 is 22.9 Å². The molecule has 0 amide bonds. The fourth-order valence-corrected chi connectivity index (χ4v) is 6.97. The van der Waals surface area contributed by atoms with E-state index in [0.29, 0.717) is 21.0 Å². The van der Waals surface area contributed by atoms with E-state index in [0.717, 1.165) is 57.9 Å². The number of ether oxygens (including phenoxy) is 2. The zero-order chi connectivity index (χ0) is 28.6. The molecule has 0 unspecified atom stereocenters. The number of halogens is 1. The van der Waals surface area contributed by atoms with E-state index < -0.39 is 0 Å². The Kier molecular flexibility index (Phi) is 7.02. The van der Waals surface area contributed by atoms with Crippen LogP contribution in [0.4, 0.5) is 0 Å². The summed E-state index contributed by atoms with van der Waals surface area (Å²) < 4.78 is 14.2. The largest absolute Gasteiger partial charge is 0.496 e. The Morgan fingerprint density at radius 3 is 2.55 bits per heavy atom. The maximum atomic E-state index is 14.1. The Hall–Kier alpha value is -4.39. The number of thiazole rings is 1. The van der Waals surface area contributed by atoms with Gasteiger partial charge >= 0.3 is 0 Å². The molecule has 7 rings (SSSR count). The predicted octanol–water partition coefficient (Wildman–Crippen LogP) is 6.56. The van der Waals surface area contributed by atoms with Gasteiger partial charge in [-0.15, -0.1) is 0 Å². The molecular weight excluding hydrogens is 564 g/mol. The van der Waals surface area contributed by atoms with Gasteiger partial charge in [0.1, 0.15) is 18.1 Å². The molecule has 5 aromatic rings. The molecular formula is C35H27ClN2O3S. The van der Waals surface area contributed by atoms with Crippen molar-refractivity contribution in [3.05, 3.63) is 155 Å². The standard InChI is InChI=1S/C35H27ClN2O3S/c1-40-30-13-7-5-11-27(30)33-28-19-16-23-8-2-4-10-26(23)32(28)37-35-38(33)34(39)31(42-35)20-22-14-17-25(18-15-22)41-21-24-9-3-6-12-29(24)36/h2-15,17-18,20,33H,16,19,21H2,1H3/b31-20+/t33-/m0/s1. The SMILES string of the molecule is COc1ccccc1[C@H]1C2=C(N=c3s/c(=C/c4ccc(OCc5ccccc5Cl)cc4)c(=O)n31)c1ccccc1CC2. The lowest BCUT2D eigenvalue weighted by Gasteiger charge is -2.31. The molecule has 1 aliphatic carbocycles. The fourth-order valence-electron chi connectivity index (χ4n) is 5.78. The molecule has 4 aromatic carbocycles. The predicted molar refractivity (Wildman–Crippen MR) is 168 cm³/mol. The first-order valence-corrected chi connectivity index (χ1v) is 15.0. The van der Waals surface area contributed by atoms with Crippen molar-refractivity contribution in [2.45, 2.75) is 25.5 Å². The van der Waals surface area contributed by atoms with Gasteiger partial charge in [-0.1, -0.05) is 95.7 Å². The van der Waals surface area contributed by atoms with Crippen molar-refractivity contribution in [2.24, 2.45) is 4.99 Å². The first kappa shape index (κ1) is 26.5. The maximum absolute atomic E-state index is 14.1. The monoisotopic (exact) mass is 590 g/mol. The summed E-state index contributed by atoms with van der Waals surface area (Å²) in [4.78, 5) is 19.9. The highest BCUT2D eigenvalue weighted by Gasteiger charge is 2.33. The normalized spacial score (nSPS) is 15.9. The van der Waals surface area contributed by atoms with E-state index in [1.807, 2.05) is 77.4 Å². The summed E-state index contributed by atoms with van der Waals surface area (Å²) in [6.45, 7) is 0.383. The summed E-state index contributed by atoms with van der Waals surface area (Å²) in [5.74, 6) is 1.49. The van der Waals surface area contributed by atoms with Crippen LogP contribution in [0.1, 0.15) is 40.3 Å². The number of benzene rings is 4. The number of methoxy groups -OCH3 is 1. The molecule has 1 aliphatic heterocycles. The highest BCUT2D eigenvalue weighted by molar-refractivity contribution is 7.07. The average molecular weight is 591 g/mol. The molecule has 42 heavy (non-hydrogen) atoms. The van der Waals surface area contributed by atoms with E-state index >= 15 is 0 Å². The lowest BCUT2D eigenvalue weighted by Crippen LogP contribution is -2.38. The second-order valence-electron chi connectivity index (χ2n) is 10.3. The molecule has 0 N–H and O–H groups in total. The smallest absolute Gasteiger partial charge is 0.271 e. The van der Waals surface area contributed by atoms with Crippen LogP contribution in [-0.4, -0.2) is 11.7 Å². The number of hydrogen-bond donors (Lipinski definition) is 0. The maximum Gasteiger partial charge on any atom is 0.271 e. The lowest BCUT2D eigenvalue weighted by molar-refractivity contribution is 0.306. The zero-order valence-corrected chi connectivity index (χ0v) is 24.5. The van der Waals surface area contributed by atoms with Crippen LogP contribution in [0.2, 0.25) is 5.02 Å². The highest BCUT2D eigenvalue weighted by atomic mass is 35.5. The molecule has 0 saturated heterocycles. The third kappa shape index (κ3) is 4.77. The lowest BCUT2D eigenvalue weighted by atomic mass is 9.83. The molecule has 1 aromatic heterocycles. The van der Waals surface area contributed by atoms with Crippen LogP contribution in [0.15, 0.2) is 112 Å². The second kappa shape index (κ2) is 11.1.